The van der Waals surface area contributed by atoms with Crippen LogP contribution in [0.3, 0.4) is 0 Å². The summed E-state index contributed by atoms with van der Waals surface area (Å²) in [6.45, 7) is 0. The van der Waals surface area contributed by atoms with E-state index in [0.29, 0.717) is 12.2 Å². The van der Waals surface area contributed by atoms with Crippen LogP contribution in [0.2, 0.25) is 0 Å². The second kappa shape index (κ2) is 5.17. The molecule has 19 heavy (non-hydrogen) atoms. The Morgan fingerprint density at radius 1 is 1.32 bits per heavy atom. The van der Waals surface area contributed by atoms with E-state index in [2.05, 4.69) is 9.97 Å². The van der Waals surface area contributed by atoms with Gasteiger partial charge in [0.1, 0.15) is 11.6 Å². The summed E-state index contributed by atoms with van der Waals surface area (Å²) in [4.78, 5) is 19.3. The maximum atomic E-state index is 12.8. The van der Waals surface area contributed by atoms with Crippen LogP contribution in [0, 0.1) is 5.82 Å². The minimum absolute atomic E-state index is 0.0330. The van der Waals surface area contributed by atoms with Gasteiger partial charge in [-0.1, -0.05) is 12.1 Å². The molecule has 0 aliphatic carbocycles. The molecule has 3 nitrogen and oxygen atoms in total. The van der Waals surface area contributed by atoms with Crippen LogP contribution in [-0.4, -0.2) is 15.7 Å². The van der Waals surface area contributed by atoms with Crippen molar-refractivity contribution < 1.29 is 4.39 Å². The molecule has 1 aliphatic rings. The first-order valence-corrected chi connectivity index (χ1v) is 7.31. The first kappa shape index (κ1) is 12.4. The molecule has 1 aromatic heterocycles. The number of benzene rings is 1. The summed E-state index contributed by atoms with van der Waals surface area (Å²) in [5.41, 5.74) is 2.63. The Kier molecular flexibility index (Phi) is 3.38. The lowest BCUT2D eigenvalue weighted by Gasteiger charge is -2.14. The zero-order chi connectivity index (χ0) is 13.2. The van der Waals surface area contributed by atoms with Gasteiger partial charge in [0.25, 0.3) is 5.56 Å². The summed E-state index contributed by atoms with van der Waals surface area (Å²) < 4.78 is 12.8. The maximum absolute atomic E-state index is 12.8. The third-order valence-electron chi connectivity index (χ3n) is 3.16. The average Bonchev–Trinajstić information content (AvgIpc) is 2.42. The van der Waals surface area contributed by atoms with Gasteiger partial charge >= 0.3 is 0 Å². The predicted octanol–water partition coefficient (Wildman–Crippen LogP) is 2.29. The van der Waals surface area contributed by atoms with Crippen molar-refractivity contribution in [1.29, 1.82) is 0 Å². The van der Waals surface area contributed by atoms with Crippen molar-refractivity contribution in [3.8, 4) is 0 Å². The third-order valence-corrected chi connectivity index (χ3v) is 4.15. The quantitative estimate of drug-likeness (QED) is 0.915. The minimum Gasteiger partial charge on any atom is -0.310 e. The first-order chi connectivity index (χ1) is 9.22. The van der Waals surface area contributed by atoms with Crippen molar-refractivity contribution in [2.24, 2.45) is 0 Å². The molecule has 0 spiro atoms. The Labute approximate surface area is 114 Å². The van der Waals surface area contributed by atoms with Crippen LogP contribution in [0.4, 0.5) is 4.39 Å². The zero-order valence-electron chi connectivity index (χ0n) is 10.3. The number of aromatic nitrogens is 2. The molecule has 0 unspecified atom stereocenters. The summed E-state index contributed by atoms with van der Waals surface area (Å²) >= 11 is 1.76. The van der Waals surface area contributed by atoms with Crippen LogP contribution >= 0.6 is 11.8 Å². The van der Waals surface area contributed by atoms with Crippen LogP contribution in [0.15, 0.2) is 29.1 Å². The van der Waals surface area contributed by atoms with E-state index in [1.807, 2.05) is 0 Å². The zero-order valence-corrected chi connectivity index (χ0v) is 11.1. The minimum atomic E-state index is -0.257. The Hall–Kier alpha value is -1.62. The summed E-state index contributed by atoms with van der Waals surface area (Å²) in [6, 6.07) is 6.26. The van der Waals surface area contributed by atoms with E-state index in [1.54, 1.807) is 23.9 Å². The predicted molar refractivity (Wildman–Crippen MR) is 73.9 cm³/mol. The Balaban J connectivity index is 1.91. The molecule has 0 bridgehead atoms. The Bertz CT molecular complexity index is 651. The smallest absolute Gasteiger partial charge is 0.255 e. The van der Waals surface area contributed by atoms with Crippen molar-refractivity contribution in [2.75, 3.05) is 5.75 Å². The second-order valence-corrected chi connectivity index (χ2v) is 5.65. The van der Waals surface area contributed by atoms with E-state index in [-0.39, 0.29) is 11.4 Å². The highest BCUT2D eigenvalue weighted by Crippen LogP contribution is 2.20. The van der Waals surface area contributed by atoms with Crippen molar-refractivity contribution in [1.82, 2.24) is 9.97 Å². The van der Waals surface area contributed by atoms with Crippen molar-refractivity contribution in [3.63, 3.8) is 0 Å². The van der Waals surface area contributed by atoms with Gasteiger partial charge < -0.3 is 4.98 Å². The molecule has 3 rings (SSSR count). The molecule has 0 radical (unpaired) electrons. The molecule has 1 N–H and O–H groups in total. The topological polar surface area (TPSA) is 45.8 Å². The number of fused-ring (bicyclic) bond motifs is 1. The number of rotatable bonds is 2. The highest BCUT2D eigenvalue weighted by molar-refractivity contribution is 7.98. The van der Waals surface area contributed by atoms with Crippen LogP contribution in [0.5, 0.6) is 0 Å². The maximum Gasteiger partial charge on any atom is 0.255 e. The van der Waals surface area contributed by atoms with Gasteiger partial charge in [0.05, 0.1) is 5.69 Å². The van der Waals surface area contributed by atoms with Gasteiger partial charge in [-0.05, 0) is 29.9 Å². The van der Waals surface area contributed by atoms with Crippen LogP contribution in [0.25, 0.3) is 0 Å². The SMILES string of the molecule is O=c1[nH]c(Cc2ccc(F)cc2)nc2c1CSCC2. The lowest BCUT2D eigenvalue weighted by molar-refractivity contribution is 0.627. The van der Waals surface area contributed by atoms with Crippen molar-refractivity contribution >= 4 is 11.8 Å². The lowest BCUT2D eigenvalue weighted by atomic mass is 10.1. The normalized spacial score (nSPS) is 14.2. The molecular formula is C14H13FN2OS. The first-order valence-electron chi connectivity index (χ1n) is 6.15. The molecule has 2 aromatic rings. The lowest BCUT2D eigenvalue weighted by Crippen LogP contribution is -2.22. The van der Waals surface area contributed by atoms with E-state index < -0.39 is 0 Å². The van der Waals surface area contributed by atoms with E-state index in [4.69, 9.17) is 0 Å². The second-order valence-electron chi connectivity index (χ2n) is 4.54. The number of thioether (sulfide) groups is 1. The highest BCUT2D eigenvalue weighted by Gasteiger charge is 2.15. The number of hydrogen-bond donors (Lipinski definition) is 1. The van der Waals surface area contributed by atoms with Gasteiger partial charge in [0.2, 0.25) is 0 Å². The van der Waals surface area contributed by atoms with Crippen LogP contribution in [0.1, 0.15) is 22.6 Å². The number of aromatic amines is 1. The number of aryl methyl sites for hydroxylation is 1. The van der Waals surface area contributed by atoms with E-state index in [0.717, 1.165) is 34.7 Å². The number of nitrogens with zero attached hydrogens (tertiary/aromatic N) is 1. The summed E-state index contributed by atoms with van der Waals surface area (Å²) in [5, 5.41) is 0. The van der Waals surface area contributed by atoms with Gasteiger partial charge in [-0.2, -0.15) is 11.8 Å². The molecular weight excluding hydrogens is 263 g/mol. The summed E-state index contributed by atoms with van der Waals surface area (Å²) in [6.07, 6.45) is 1.37. The molecule has 0 atom stereocenters. The molecule has 1 aromatic carbocycles. The van der Waals surface area contributed by atoms with Crippen LogP contribution in [-0.2, 0) is 18.6 Å². The number of nitrogens with one attached hydrogen (secondary N) is 1. The highest BCUT2D eigenvalue weighted by atomic mass is 32.2. The Morgan fingerprint density at radius 3 is 2.89 bits per heavy atom. The van der Waals surface area contributed by atoms with Crippen molar-refractivity contribution in [3.05, 3.63) is 63.1 Å². The molecule has 1 aliphatic heterocycles. The van der Waals surface area contributed by atoms with Gasteiger partial charge in [0, 0.05) is 17.7 Å². The fourth-order valence-corrected chi connectivity index (χ4v) is 3.16. The van der Waals surface area contributed by atoms with E-state index >= 15 is 0 Å². The molecule has 2 heterocycles. The largest absolute Gasteiger partial charge is 0.310 e. The van der Waals surface area contributed by atoms with Crippen LogP contribution < -0.4 is 5.56 Å². The van der Waals surface area contributed by atoms with E-state index in [1.165, 1.54) is 12.1 Å². The molecule has 5 heteroatoms. The number of halogens is 1. The molecule has 0 saturated carbocycles. The van der Waals surface area contributed by atoms with Gasteiger partial charge in [-0.3, -0.25) is 4.79 Å². The standard InChI is InChI=1S/C14H13FN2OS/c15-10-3-1-9(2-4-10)7-13-16-12-5-6-19-8-11(12)14(18)17-13/h1-4H,5-8H2,(H,16,17,18). The number of H-pyrrole nitrogens is 1. The molecule has 0 fully saturated rings. The fourth-order valence-electron chi connectivity index (χ4n) is 2.17. The summed E-state index contributed by atoms with van der Waals surface area (Å²) in [7, 11) is 0. The van der Waals surface area contributed by atoms with Gasteiger partial charge in [-0.25, -0.2) is 9.37 Å². The monoisotopic (exact) mass is 276 g/mol. The third kappa shape index (κ3) is 2.71. The summed E-state index contributed by atoms with van der Waals surface area (Å²) in [5.74, 6) is 2.16. The number of hydrogen-bond acceptors (Lipinski definition) is 3. The van der Waals surface area contributed by atoms with Gasteiger partial charge in [-0.15, -0.1) is 0 Å². The Morgan fingerprint density at radius 2 is 2.11 bits per heavy atom. The molecule has 0 saturated heterocycles. The average molecular weight is 276 g/mol. The fraction of sp³-hybridized carbons (Fsp3) is 0.286. The van der Waals surface area contributed by atoms with Gasteiger partial charge in [0.15, 0.2) is 0 Å². The molecule has 98 valence electrons. The van der Waals surface area contributed by atoms with Crippen molar-refractivity contribution in [2.45, 2.75) is 18.6 Å². The molecule has 0 amide bonds. The van der Waals surface area contributed by atoms with E-state index in [9.17, 15) is 9.18 Å².